The Balaban J connectivity index is 2.10. The van der Waals surface area contributed by atoms with Gasteiger partial charge in [0.1, 0.15) is 10.6 Å². The van der Waals surface area contributed by atoms with Gasteiger partial charge in [0.2, 0.25) is 0 Å². The molecule has 6 nitrogen and oxygen atoms in total. The van der Waals surface area contributed by atoms with E-state index < -0.39 is 16.0 Å². The van der Waals surface area contributed by atoms with Gasteiger partial charge >= 0.3 is 5.97 Å². The SMILES string of the molecule is COc1ccc(CC(=O)O)cc1S(=O)(=O)N1CCCc2ccccc21. The minimum atomic E-state index is -3.86. The number of ether oxygens (including phenoxy) is 1. The molecule has 1 aliphatic rings. The van der Waals surface area contributed by atoms with E-state index in [0.29, 0.717) is 17.8 Å². The van der Waals surface area contributed by atoms with Crippen LogP contribution in [-0.2, 0) is 27.7 Å². The number of benzene rings is 2. The minimum Gasteiger partial charge on any atom is -0.495 e. The zero-order valence-electron chi connectivity index (χ0n) is 13.8. The molecule has 132 valence electrons. The van der Waals surface area contributed by atoms with E-state index >= 15 is 0 Å². The third-order valence-corrected chi connectivity index (χ3v) is 6.05. The molecule has 1 aliphatic heterocycles. The highest BCUT2D eigenvalue weighted by atomic mass is 32.2. The monoisotopic (exact) mass is 361 g/mol. The fourth-order valence-electron chi connectivity index (χ4n) is 3.07. The van der Waals surface area contributed by atoms with Gasteiger partial charge < -0.3 is 9.84 Å². The molecule has 0 aliphatic carbocycles. The Kier molecular flexibility index (Phi) is 4.67. The fourth-order valence-corrected chi connectivity index (χ4v) is 4.82. The summed E-state index contributed by atoms with van der Waals surface area (Å²) in [5.41, 5.74) is 2.06. The van der Waals surface area contributed by atoms with Gasteiger partial charge in [0.05, 0.1) is 19.2 Å². The summed E-state index contributed by atoms with van der Waals surface area (Å²) in [5.74, 6) is -0.811. The maximum Gasteiger partial charge on any atom is 0.307 e. The Labute approximate surface area is 146 Å². The number of anilines is 1. The lowest BCUT2D eigenvalue weighted by atomic mass is 10.0. The number of sulfonamides is 1. The number of rotatable bonds is 5. The van der Waals surface area contributed by atoms with Crippen molar-refractivity contribution in [3.05, 3.63) is 53.6 Å². The van der Waals surface area contributed by atoms with Crippen molar-refractivity contribution in [2.45, 2.75) is 24.2 Å². The van der Waals surface area contributed by atoms with E-state index in [0.717, 1.165) is 18.4 Å². The van der Waals surface area contributed by atoms with Crippen LogP contribution in [0.4, 0.5) is 5.69 Å². The van der Waals surface area contributed by atoms with Crippen LogP contribution < -0.4 is 9.04 Å². The van der Waals surface area contributed by atoms with E-state index in [1.165, 1.54) is 23.5 Å². The average Bonchev–Trinajstić information content (AvgIpc) is 2.60. The van der Waals surface area contributed by atoms with Gasteiger partial charge in [-0.3, -0.25) is 9.10 Å². The zero-order chi connectivity index (χ0) is 18.0. The van der Waals surface area contributed by atoms with Crippen LogP contribution in [0.15, 0.2) is 47.4 Å². The number of methoxy groups -OCH3 is 1. The first-order chi connectivity index (χ1) is 11.9. The quantitative estimate of drug-likeness (QED) is 0.884. The zero-order valence-corrected chi connectivity index (χ0v) is 14.6. The first kappa shape index (κ1) is 17.3. The highest BCUT2D eigenvalue weighted by Crippen LogP contribution is 2.35. The van der Waals surface area contributed by atoms with Crippen LogP contribution in [0.3, 0.4) is 0 Å². The first-order valence-electron chi connectivity index (χ1n) is 7.93. The predicted molar refractivity (Wildman–Crippen MR) is 93.6 cm³/mol. The van der Waals surface area contributed by atoms with Gasteiger partial charge in [-0.15, -0.1) is 0 Å². The molecular weight excluding hydrogens is 342 g/mol. The largest absolute Gasteiger partial charge is 0.495 e. The van der Waals surface area contributed by atoms with Gasteiger partial charge in [0.15, 0.2) is 0 Å². The third-order valence-electron chi connectivity index (χ3n) is 4.22. The normalized spacial score (nSPS) is 14.0. The molecule has 2 aromatic rings. The van der Waals surface area contributed by atoms with E-state index in [2.05, 4.69) is 0 Å². The summed E-state index contributed by atoms with van der Waals surface area (Å²) in [6, 6.07) is 11.9. The highest BCUT2D eigenvalue weighted by Gasteiger charge is 2.31. The molecule has 3 rings (SSSR count). The molecule has 25 heavy (non-hydrogen) atoms. The van der Waals surface area contributed by atoms with Crippen LogP contribution in [0.1, 0.15) is 17.5 Å². The lowest BCUT2D eigenvalue weighted by Crippen LogP contribution is -2.35. The van der Waals surface area contributed by atoms with Gasteiger partial charge in [-0.1, -0.05) is 24.3 Å². The Bertz CT molecular complexity index is 907. The van der Waals surface area contributed by atoms with E-state index in [4.69, 9.17) is 9.84 Å². The summed E-state index contributed by atoms with van der Waals surface area (Å²) in [6.45, 7) is 0.381. The molecule has 0 aromatic heterocycles. The van der Waals surface area contributed by atoms with Crippen molar-refractivity contribution in [2.24, 2.45) is 0 Å². The fraction of sp³-hybridized carbons (Fsp3) is 0.278. The van der Waals surface area contributed by atoms with Crippen molar-refractivity contribution in [2.75, 3.05) is 18.0 Å². The molecule has 1 N–H and O–H groups in total. The molecular formula is C18H19NO5S. The van der Waals surface area contributed by atoms with Crippen LogP contribution in [0.5, 0.6) is 5.75 Å². The van der Waals surface area contributed by atoms with Crippen molar-refractivity contribution in [1.29, 1.82) is 0 Å². The summed E-state index contributed by atoms with van der Waals surface area (Å²) in [6.07, 6.45) is 1.31. The van der Waals surface area contributed by atoms with Gasteiger partial charge in [0, 0.05) is 6.54 Å². The number of nitrogens with zero attached hydrogens (tertiary/aromatic N) is 1. The Morgan fingerprint density at radius 1 is 1.24 bits per heavy atom. The smallest absolute Gasteiger partial charge is 0.307 e. The van der Waals surface area contributed by atoms with E-state index in [9.17, 15) is 13.2 Å². The summed E-state index contributed by atoms with van der Waals surface area (Å²) >= 11 is 0. The summed E-state index contributed by atoms with van der Waals surface area (Å²) in [4.78, 5) is 10.9. The van der Waals surface area contributed by atoms with Crippen LogP contribution >= 0.6 is 0 Å². The molecule has 0 spiro atoms. The molecule has 0 bridgehead atoms. The molecule has 0 radical (unpaired) electrons. The van der Waals surface area contributed by atoms with Crippen LogP contribution in [0, 0.1) is 0 Å². The lowest BCUT2D eigenvalue weighted by molar-refractivity contribution is -0.136. The number of aliphatic carboxylic acids is 1. The Morgan fingerprint density at radius 2 is 2.00 bits per heavy atom. The average molecular weight is 361 g/mol. The second kappa shape index (κ2) is 6.76. The second-order valence-corrected chi connectivity index (χ2v) is 7.70. The number of para-hydroxylation sites is 1. The summed E-state index contributed by atoms with van der Waals surface area (Å²) < 4.78 is 33.1. The minimum absolute atomic E-state index is 0.00884. The highest BCUT2D eigenvalue weighted by molar-refractivity contribution is 7.93. The van der Waals surface area contributed by atoms with E-state index in [1.54, 1.807) is 12.1 Å². The summed E-state index contributed by atoms with van der Waals surface area (Å²) in [5, 5.41) is 8.97. The maximum absolute atomic E-state index is 13.3. The number of aryl methyl sites for hydroxylation is 1. The number of hydrogen-bond acceptors (Lipinski definition) is 4. The topological polar surface area (TPSA) is 83.9 Å². The predicted octanol–water partition coefficient (Wildman–Crippen LogP) is 2.46. The Hall–Kier alpha value is -2.54. The van der Waals surface area contributed by atoms with E-state index in [-0.39, 0.29) is 17.1 Å². The first-order valence-corrected chi connectivity index (χ1v) is 9.37. The molecule has 0 atom stereocenters. The number of carboxylic acid groups (broad SMARTS) is 1. The number of fused-ring (bicyclic) bond motifs is 1. The molecule has 0 saturated carbocycles. The van der Waals surface area contributed by atoms with Crippen molar-refractivity contribution in [1.82, 2.24) is 0 Å². The van der Waals surface area contributed by atoms with E-state index in [1.807, 2.05) is 18.2 Å². The van der Waals surface area contributed by atoms with Gasteiger partial charge in [0.25, 0.3) is 10.0 Å². The van der Waals surface area contributed by atoms with Gasteiger partial charge in [-0.25, -0.2) is 8.42 Å². The molecule has 0 saturated heterocycles. The maximum atomic E-state index is 13.3. The van der Waals surface area contributed by atoms with Crippen molar-refractivity contribution < 1.29 is 23.1 Å². The standard InChI is InChI=1S/C18H19NO5S/c1-24-16-9-8-13(12-18(20)21)11-17(16)25(22,23)19-10-4-6-14-5-2-3-7-15(14)19/h2-3,5,7-9,11H,4,6,10,12H2,1H3,(H,20,21). The van der Waals surface area contributed by atoms with Crippen LogP contribution in [0.25, 0.3) is 0 Å². The van der Waals surface area contributed by atoms with Crippen molar-refractivity contribution in [3.8, 4) is 5.75 Å². The number of hydrogen-bond donors (Lipinski definition) is 1. The van der Waals surface area contributed by atoms with Crippen molar-refractivity contribution >= 4 is 21.7 Å². The van der Waals surface area contributed by atoms with Crippen molar-refractivity contribution in [3.63, 3.8) is 0 Å². The third kappa shape index (κ3) is 3.32. The van der Waals surface area contributed by atoms with Gasteiger partial charge in [-0.2, -0.15) is 0 Å². The molecule has 0 unspecified atom stereocenters. The number of carbonyl (C=O) groups is 1. The lowest BCUT2D eigenvalue weighted by Gasteiger charge is -2.31. The second-order valence-electron chi connectivity index (χ2n) is 5.87. The number of carboxylic acids is 1. The van der Waals surface area contributed by atoms with Crippen LogP contribution in [0.2, 0.25) is 0 Å². The van der Waals surface area contributed by atoms with Crippen LogP contribution in [-0.4, -0.2) is 33.1 Å². The molecule has 2 aromatic carbocycles. The molecule has 0 amide bonds. The summed E-state index contributed by atoms with van der Waals surface area (Å²) in [7, 11) is -2.46. The molecule has 7 heteroatoms. The molecule has 0 fully saturated rings. The van der Waals surface area contributed by atoms with Gasteiger partial charge in [-0.05, 0) is 42.2 Å². The Morgan fingerprint density at radius 3 is 2.72 bits per heavy atom. The molecule has 1 heterocycles.